The lowest BCUT2D eigenvalue weighted by molar-refractivity contribution is -0.150. The van der Waals surface area contributed by atoms with E-state index >= 15 is 0 Å². The second-order valence-electron chi connectivity index (χ2n) is 5.21. The molecule has 0 radical (unpaired) electrons. The Hall–Kier alpha value is -2.04. The van der Waals surface area contributed by atoms with Gasteiger partial charge in [-0.3, -0.25) is 4.79 Å². The van der Waals surface area contributed by atoms with Crippen molar-refractivity contribution in [3.8, 4) is 0 Å². The molecule has 0 aromatic heterocycles. The molecule has 0 saturated carbocycles. The van der Waals surface area contributed by atoms with Crippen LogP contribution in [0.15, 0.2) is 24.3 Å². The summed E-state index contributed by atoms with van der Waals surface area (Å²) >= 11 is 0. The van der Waals surface area contributed by atoms with E-state index in [2.05, 4.69) is 0 Å². The molecular weight excluding hydrogens is 256 g/mol. The average Bonchev–Trinajstić information content (AvgIpc) is 2.64. The number of likely N-dealkylation sites (tertiary alicyclic amines) is 1. The van der Waals surface area contributed by atoms with Crippen molar-refractivity contribution in [1.29, 1.82) is 0 Å². The van der Waals surface area contributed by atoms with Gasteiger partial charge in [0.05, 0.1) is 6.42 Å². The van der Waals surface area contributed by atoms with E-state index in [1.165, 1.54) is 4.90 Å². The van der Waals surface area contributed by atoms with Crippen molar-refractivity contribution in [2.75, 3.05) is 12.3 Å². The SMILES string of the molecule is Nc1cccc(CC(=O)N2CCCCCC2C(=O)O)c1. The average molecular weight is 276 g/mol. The third kappa shape index (κ3) is 3.50. The lowest BCUT2D eigenvalue weighted by Gasteiger charge is -2.27. The molecule has 1 aromatic carbocycles. The van der Waals surface area contributed by atoms with Crippen LogP contribution in [0.1, 0.15) is 31.2 Å². The molecule has 1 amide bonds. The van der Waals surface area contributed by atoms with Crippen molar-refractivity contribution in [2.45, 2.75) is 38.1 Å². The van der Waals surface area contributed by atoms with E-state index < -0.39 is 12.0 Å². The molecule has 0 spiro atoms. The summed E-state index contributed by atoms with van der Waals surface area (Å²) in [7, 11) is 0. The number of carboxylic acids is 1. The lowest BCUT2D eigenvalue weighted by atomic mass is 10.1. The standard InChI is InChI=1S/C15H20N2O3/c16-12-6-4-5-11(9-12)10-14(18)17-8-3-1-2-7-13(17)15(19)20/h4-6,9,13H,1-3,7-8,10,16H2,(H,19,20). The summed E-state index contributed by atoms with van der Waals surface area (Å²) in [6.07, 6.45) is 3.45. The van der Waals surface area contributed by atoms with Crippen molar-refractivity contribution < 1.29 is 14.7 Å². The molecule has 1 atom stereocenters. The molecule has 5 nitrogen and oxygen atoms in total. The van der Waals surface area contributed by atoms with Gasteiger partial charge >= 0.3 is 5.97 Å². The molecule has 3 N–H and O–H groups in total. The fraction of sp³-hybridized carbons (Fsp3) is 0.467. The Labute approximate surface area is 118 Å². The number of nitrogens with zero attached hydrogens (tertiary/aromatic N) is 1. The maximum Gasteiger partial charge on any atom is 0.326 e. The number of nitrogen functional groups attached to an aromatic ring is 1. The van der Waals surface area contributed by atoms with Crippen molar-refractivity contribution in [3.63, 3.8) is 0 Å². The number of carboxylic acid groups (broad SMARTS) is 1. The van der Waals surface area contributed by atoms with Gasteiger partial charge in [-0.15, -0.1) is 0 Å². The molecule has 20 heavy (non-hydrogen) atoms. The van der Waals surface area contributed by atoms with Gasteiger partial charge in [-0.1, -0.05) is 25.0 Å². The fourth-order valence-electron chi connectivity index (χ4n) is 2.64. The highest BCUT2D eigenvalue weighted by molar-refractivity contribution is 5.85. The van der Waals surface area contributed by atoms with Gasteiger partial charge in [-0.05, 0) is 30.5 Å². The Morgan fingerprint density at radius 1 is 1.30 bits per heavy atom. The maximum atomic E-state index is 12.4. The third-order valence-corrected chi connectivity index (χ3v) is 3.66. The molecule has 1 saturated heterocycles. The van der Waals surface area contributed by atoms with E-state index in [0.717, 1.165) is 24.8 Å². The summed E-state index contributed by atoms with van der Waals surface area (Å²) in [6.45, 7) is 0.526. The van der Waals surface area contributed by atoms with Crippen molar-refractivity contribution in [1.82, 2.24) is 4.90 Å². The molecule has 1 aromatic rings. The molecule has 1 aliphatic heterocycles. The van der Waals surface area contributed by atoms with E-state index in [0.29, 0.717) is 18.7 Å². The summed E-state index contributed by atoms with van der Waals surface area (Å²) < 4.78 is 0. The molecular formula is C15H20N2O3. The van der Waals surface area contributed by atoms with Gasteiger partial charge in [0.2, 0.25) is 5.91 Å². The molecule has 1 aliphatic rings. The summed E-state index contributed by atoms with van der Waals surface area (Å²) in [5.41, 5.74) is 7.13. The Balaban J connectivity index is 2.10. The molecule has 1 heterocycles. The Kier molecular flexibility index (Phi) is 4.61. The van der Waals surface area contributed by atoms with Crippen LogP contribution in [0.4, 0.5) is 5.69 Å². The zero-order chi connectivity index (χ0) is 14.5. The predicted octanol–water partition coefficient (Wildman–Crippen LogP) is 1.67. The summed E-state index contributed by atoms with van der Waals surface area (Å²) in [5, 5.41) is 9.28. The molecule has 5 heteroatoms. The number of rotatable bonds is 3. The first kappa shape index (κ1) is 14.4. The van der Waals surface area contributed by atoms with Crippen molar-refractivity contribution in [2.24, 2.45) is 0 Å². The number of carbonyl (C=O) groups is 2. The minimum Gasteiger partial charge on any atom is -0.480 e. The molecule has 1 unspecified atom stereocenters. The minimum atomic E-state index is -0.909. The van der Waals surface area contributed by atoms with Crippen LogP contribution in [0, 0.1) is 0 Å². The third-order valence-electron chi connectivity index (χ3n) is 3.66. The number of carbonyl (C=O) groups excluding carboxylic acids is 1. The van der Waals surface area contributed by atoms with Crippen LogP contribution in [0.2, 0.25) is 0 Å². The van der Waals surface area contributed by atoms with E-state index in [1.54, 1.807) is 18.2 Å². The van der Waals surface area contributed by atoms with E-state index in [1.807, 2.05) is 6.07 Å². The summed E-state index contributed by atoms with van der Waals surface area (Å²) in [5.74, 6) is -1.04. The normalized spacial score (nSPS) is 19.4. The lowest BCUT2D eigenvalue weighted by Crippen LogP contribution is -2.45. The number of amides is 1. The van der Waals surface area contributed by atoms with E-state index in [4.69, 9.17) is 5.73 Å². The van der Waals surface area contributed by atoms with Crippen LogP contribution in [-0.2, 0) is 16.0 Å². The number of aliphatic carboxylic acids is 1. The van der Waals surface area contributed by atoms with Gasteiger partial charge in [0.1, 0.15) is 6.04 Å². The van der Waals surface area contributed by atoms with Gasteiger partial charge in [-0.25, -0.2) is 4.79 Å². The first-order valence-electron chi connectivity index (χ1n) is 6.94. The maximum absolute atomic E-state index is 12.4. The highest BCUT2D eigenvalue weighted by Gasteiger charge is 2.30. The quantitative estimate of drug-likeness (QED) is 0.822. The van der Waals surface area contributed by atoms with Gasteiger partial charge in [0.15, 0.2) is 0 Å². The van der Waals surface area contributed by atoms with Gasteiger partial charge in [0.25, 0.3) is 0 Å². The smallest absolute Gasteiger partial charge is 0.326 e. The largest absolute Gasteiger partial charge is 0.480 e. The van der Waals surface area contributed by atoms with Crippen LogP contribution >= 0.6 is 0 Å². The van der Waals surface area contributed by atoms with Gasteiger partial charge in [-0.2, -0.15) is 0 Å². The molecule has 108 valence electrons. The van der Waals surface area contributed by atoms with Crippen molar-refractivity contribution >= 4 is 17.6 Å². The first-order chi connectivity index (χ1) is 9.58. The van der Waals surface area contributed by atoms with E-state index in [-0.39, 0.29) is 12.3 Å². The molecule has 0 bridgehead atoms. The highest BCUT2D eigenvalue weighted by atomic mass is 16.4. The van der Waals surface area contributed by atoms with Crippen LogP contribution in [0.25, 0.3) is 0 Å². The van der Waals surface area contributed by atoms with Crippen molar-refractivity contribution in [3.05, 3.63) is 29.8 Å². The number of nitrogens with two attached hydrogens (primary N) is 1. The number of hydrogen-bond acceptors (Lipinski definition) is 3. The molecule has 2 rings (SSSR count). The number of hydrogen-bond donors (Lipinski definition) is 2. The predicted molar refractivity (Wildman–Crippen MR) is 76.2 cm³/mol. The molecule has 0 aliphatic carbocycles. The first-order valence-corrected chi connectivity index (χ1v) is 6.94. The van der Waals surface area contributed by atoms with Crippen LogP contribution in [-0.4, -0.2) is 34.5 Å². The zero-order valence-electron chi connectivity index (χ0n) is 11.4. The van der Waals surface area contributed by atoms with Crippen LogP contribution in [0.3, 0.4) is 0 Å². The second-order valence-corrected chi connectivity index (χ2v) is 5.21. The number of benzene rings is 1. The highest BCUT2D eigenvalue weighted by Crippen LogP contribution is 2.19. The zero-order valence-corrected chi connectivity index (χ0v) is 11.4. The Morgan fingerprint density at radius 2 is 2.10 bits per heavy atom. The van der Waals surface area contributed by atoms with Gasteiger partial charge < -0.3 is 15.7 Å². The summed E-state index contributed by atoms with van der Waals surface area (Å²) in [4.78, 5) is 25.2. The number of anilines is 1. The minimum absolute atomic E-state index is 0.134. The Bertz CT molecular complexity index is 502. The fourth-order valence-corrected chi connectivity index (χ4v) is 2.64. The summed E-state index contributed by atoms with van der Waals surface area (Å²) in [6, 6.07) is 6.47. The Morgan fingerprint density at radius 3 is 2.80 bits per heavy atom. The van der Waals surface area contributed by atoms with Gasteiger partial charge in [0, 0.05) is 12.2 Å². The van der Waals surface area contributed by atoms with Crippen LogP contribution < -0.4 is 5.73 Å². The van der Waals surface area contributed by atoms with Crippen LogP contribution in [0.5, 0.6) is 0 Å². The topological polar surface area (TPSA) is 83.6 Å². The molecule has 1 fully saturated rings. The second kappa shape index (κ2) is 6.41. The monoisotopic (exact) mass is 276 g/mol. The van der Waals surface area contributed by atoms with E-state index in [9.17, 15) is 14.7 Å².